The van der Waals surface area contributed by atoms with Crippen LogP contribution in [-0.4, -0.2) is 79.6 Å². The number of rotatable bonds is 7. The summed E-state index contributed by atoms with van der Waals surface area (Å²) in [4.78, 5) is 29.7. The van der Waals surface area contributed by atoms with E-state index in [0.29, 0.717) is 18.2 Å². The Labute approximate surface area is 240 Å². The number of alkyl halides is 3. The van der Waals surface area contributed by atoms with E-state index in [1.807, 2.05) is 48.5 Å². The molecule has 0 unspecified atom stereocenters. The van der Waals surface area contributed by atoms with Crippen molar-refractivity contribution < 1.29 is 42.4 Å². The van der Waals surface area contributed by atoms with Crippen molar-refractivity contribution >= 4 is 29.3 Å². The number of aromatic carboxylic acids is 1. The Morgan fingerprint density at radius 1 is 0.905 bits per heavy atom. The monoisotopic (exact) mass is 588 g/mol. The van der Waals surface area contributed by atoms with Crippen LogP contribution < -0.4 is 19.7 Å². The van der Waals surface area contributed by atoms with Crippen LogP contribution >= 0.6 is 0 Å². The molecule has 3 N–H and O–H groups in total. The van der Waals surface area contributed by atoms with Gasteiger partial charge >= 0.3 is 18.1 Å². The van der Waals surface area contributed by atoms with E-state index in [2.05, 4.69) is 21.2 Å². The molecule has 0 radical (unpaired) electrons. The lowest BCUT2D eigenvalue weighted by molar-refractivity contribution is -0.192. The number of methoxy groups -OCH3 is 2. The van der Waals surface area contributed by atoms with E-state index >= 15 is 0 Å². The van der Waals surface area contributed by atoms with Crippen molar-refractivity contribution in [2.24, 2.45) is 4.99 Å². The lowest BCUT2D eigenvalue weighted by Gasteiger charge is -2.38. The highest BCUT2D eigenvalue weighted by atomic mass is 19.4. The molecular weight excluding hydrogens is 557 g/mol. The van der Waals surface area contributed by atoms with Gasteiger partial charge in [-0.1, -0.05) is 30.3 Å². The van der Waals surface area contributed by atoms with Crippen LogP contribution in [0.25, 0.3) is 0 Å². The second kappa shape index (κ2) is 14.6. The second-order valence-corrected chi connectivity index (χ2v) is 8.95. The van der Waals surface area contributed by atoms with E-state index in [9.17, 15) is 23.1 Å². The zero-order valence-electron chi connectivity index (χ0n) is 23.0. The highest BCUT2D eigenvalue weighted by Gasteiger charge is 2.38. The number of piperazine rings is 1. The van der Waals surface area contributed by atoms with Crippen LogP contribution in [0.5, 0.6) is 11.5 Å². The first-order valence-electron chi connectivity index (χ1n) is 12.7. The normalized spacial score (nSPS) is 13.5. The van der Waals surface area contributed by atoms with Crippen molar-refractivity contribution in [3.8, 4) is 11.5 Å². The lowest BCUT2D eigenvalue weighted by Crippen LogP contribution is -2.50. The van der Waals surface area contributed by atoms with Crippen LogP contribution in [0.3, 0.4) is 0 Å². The number of guanidine groups is 1. The summed E-state index contributed by atoms with van der Waals surface area (Å²) in [5.74, 6) is -1.38. The topological polar surface area (TPSA) is 124 Å². The van der Waals surface area contributed by atoms with Crippen LogP contribution in [0, 0.1) is 0 Å². The minimum atomic E-state index is -5.08. The number of para-hydroxylation sites is 2. The standard InChI is InChI=1S/C27H30N4O4.C2HF3O2/c1-34-23-10-5-7-20(17-23)19-28-27(29-22-9-6-8-21(18-22)26(32)33)31-15-13-30(14-16-31)24-11-3-4-12-25(24)35-2;3-2(4,5)1(6)7/h3-12,17-18H,13-16,19H2,1-2H3,(H,28,29)(H,32,33);(H,6,7). The smallest absolute Gasteiger partial charge is 0.490 e. The minimum absolute atomic E-state index is 0.225. The van der Waals surface area contributed by atoms with Gasteiger partial charge in [0, 0.05) is 31.9 Å². The predicted octanol–water partition coefficient (Wildman–Crippen LogP) is 4.83. The molecule has 0 amide bonds. The van der Waals surface area contributed by atoms with E-state index < -0.39 is 18.1 Å². The molecule has 1 heterocycles. The fraction of sp³-hybridized carbons (Fsp3) is 0.276. The average molecular weight is 589 g/mol. The van der Waals surface area contributed by atoms with Gasteiger partial charge in [-0.05, 0) is 48.0 Å². The molecule has 3 aromatic rings. The van der Waals surface area contributed by atoms with E-state index in [0.717, 1.165) is 48.9 Å². The number of nitrogens with one attached hydrogen (secondary N) is 1. The van der Waals surface area contributed by atoms with Crippen molar-refractivity contribution in [3.63, 3.8) is 0 Å². The van der Waals surface area contributed by atoms with Gasteiger partial charge in [-0.25, -0.2) is 14.6 Å². The highest BCUT2D eigenvalue weighted by Crippen LogP contribution is 2.28. The maximum absolute atomic E-state index is 11.4. The number of hydrogen-bond donors (Lipinski definition) is 3. The SMILES string of the molecule is COc1cccc(CN=C(Nc2cccc(C(=O)O)c2)N2CCN(c3ccccc3OC)CC2)c1.O=C(O)C(F)(F)F. The van der Waals surface area contributed by atoms with Gasteiger partial charge in [0.05, 0.1) is 32.0 Å². The summed E-state index contributed by atoms with van der Waals surface area (Å²) in [7, 11) is 3.33. The van der Waals surface area contributed by atoms with Crippen LogP contribution in [0.4, 0.5) is 24.5 Å². The van der Waals surface area contributed by atoms with E-state index in [1.54, 1.807) is 32.4 Å². The van der Waals surface area contributed by atoms with Gasteiger partial charge < -0.3 is 34.8 Å². The van der Waals surface area contributed by atoms with E-state index in [4.69, 9.17) is 24.4 Å². The molecule has 0 aliphatic carbocycles. The molecular formula is C29H31F3N4O6. The first-order chi connectivity index (χ1) is 20.0. The van der Waals surface area contributed by atoms with Crippen molar-refractivity contribution in [3.05, 3.63) is 83.9 Å². The van der Waals surface area contributed by atoms with Crippen LogP contribution in [-0.2, 0) is 11.3 Å². The molecule has 0 atom stereocenters. The third-order valence-electron chi connectivity index (χ3n) is 6.16. The molecule has 3 aromatic carbocycles. The number of carboxylic acid groups (broad SMARTS) is 2. The largest absolute Gasteiger partial charge is 0.497 e. The van der Waals surface area contributed by atoms with Gasteiger partial charge in [-0.15, -0.1) is 0 Å². The summed E-state index contributed by atoms with van der Waals surface area (Å²) in [5, 5.41) is 19.9. The Morgan fingerprint density at radius 3 is 2.19 bits per heavy atom. The van der Waals surface area contributed by atoms with Crippen LogP contribution in [0.2, 0.25) is 0 Å². The Bertz CT molecular complexity index is 1390. The molecule has 10 nitrogen and oxygen atoms in total. The summed E-state index contributed by atoms with van der Waals surface area (Å²) in [6.07, 6.45) is -5.08. The Hall–Kier alpha value is -4.94. The maximum Gasteiger partial charge on any atom is 0.490 e. The number of benzene rings is 3. The molecule has 0 saturated carbocycles. The maximum atomic E-state index is 11.4. The van der Waals surface area contributed by atoms with Crippen molar-refractivity contribution in [1.29, 1.82) is 0 Å². The number of aliphatic imine (C=N–C) groups is 1. The van der Waals surface area contributed by atoms with Gasteiger partial charge in [-0.3, -0.25) is 0 Å². The average Bonchev–Trinajstić information content (AvgIpc) is 2.99. The van der Waals surface area contributed by atoms with E-state index in [-0.39, 0.29) is 5.56 Å². The number of ether oxygens (including phenoxy) is 2. The zero-order chi connectivity index (χ0) is 30.7. The molecule has 13 heteroatoms. The molecule has 42 heavy (non-hydrogen) atoms. The number of nitrogens with zero attached hydrogens (tertiary/aromatic N) is 3. The fourth-order valence-corrected chi connectivity index (χ4v) is 4.06. The Kier molecular flexibility index (Phi) is 11.0. The number of aliphatic carboxylic acids is 1. The molecule has 4 rings (SSSR count). The number of hydrogen-bond acceptors (Lipinski definition) is 6. The van der Waals surface area contributed by atoms with Gasteiger partial charge in [0.2, 0.25) is 0 Å². The Morgan fingerprint density at radius 2 is 1.57 bits per heavy atom. The quantitative estimate of drug-likeness (QED) is 0.263. The molecule has 1 saturated heterocycles. The Balaban J connectivity index is 0.000000616. The second-order valence-electron chi connectivity index (χ2n) is 8.95. The van der Waals surface area contributed by atoms with Crippen molar-refractivity contribution in [2.45, 2.75) is 12.7 Å². The molecule has 0 spiro atoms. The molecule has 1 aliphatic heterocycles. The fourth-order valence-electron chi connectivity index (χ4n) is 4.06. The van der Waals surface area contributed by atoms with Gasteiger partial charge in [0.25, 0.3) is 0 Å². The first-order valence-corrected chi connectivity index (χ1v) is 12.7. The number of halogens is 3. The number of anilines is 2. The zero-order valence-corrected chi connectivity index (χ0v) is 23.0. The van der Waals surface area contributed by atoms with Gasteiger partial charge in [0.1, 0.15) is 11.5 Å². The van der Waals surface area contributed by atoms with Gasteiger partial charge in [-0.2, -0.15) is 13.2 Å². The summed E-state index contributed by atoms with van der Waals surface area (Å²) < 4.78 is 42.6. The molecule has 0 bridgehead atoms. The predicted molar refractivity (Wildman–Crippen MR) is 152 cm³/mol. The van der Waals surface area contributed by atoms with Crippen molar-refractivity contribution in [2.75, 3.05) is 50.6 Å². The van der Waals surface area contributed by atoms with Crippen molar-refractivity contribution in [1.82, 2.24) is 4.90 Å². The summed E-state index contributed by atoms with van der Waals surface area (Å²) in [5.41, 5.74) is 3.01. The summed E-state index contributed by atoms with van der Waals surface area (Å²) in [6, 6.07) is 22.6. The number of carboxylic acids is 2. The van der Waals surface area contributed by atoms with Gasteiger partial charge in [0.15, 0.2) is 5.96 Å². The van der Waals surface area contributed by atoms with Crippen LogP contribution in [0.15, 0.2) is 77.8 Å². The van der Waals surface area contributed by atoms with E-state index in [1.165, 1.54) is 0 Å². The third-order valence-corrected chi connectivity index (χ3v) is 6.16. The highest BCUT2D eigenvalue weighted by molar-refractivity contribution is 5.96. The molecule has 224 valence electrons. The number of carbonyl (C=O) groups is 2. The summed E-state index contributed by atoms with van der Waals surface area (Å²) in [6.45, 7) is 3.57. The minimum Gasteiger partial charge on any atom is -0.497 e. The van der Waals surface area contributed by atoms with Crippen LogP contribution in [0.1, 0.15) is 15.9 Å². The molecule has 1 aliphatic rings. The lowest BCUT2D eigenvalue weighted by atomic mass is 10.2. The third kappa shape index (κ3) is 9.04. The molecule has 1 fully saturated rings. The first kappa shape index (κ1) is 31.6. The summed E-state index contributed by atoms with van der Waals surface area (Å²) >= 11 is 0. The molecule has 0 aromatic heterocycles.